The van der Waals surface area contributed by atoms with E-state index in [-0.39, 0.29) is 18.0 Å². The molecule has 0 radical (unpaired) electrons. The van der Waals surface area contributed by atoms with E-state index in [4.69, 9.17) is 4.84 Å². The maximum absolute atomic E-state index is 13.0. The first-order valence-electron chi connectivity index (χ1n) is 13.5. The molecule has 204 valence electrons. The Kier molecular flexibility index (Phi) is 7.56. The van der Waals surface area contributed by atoms with E-state index in [9.17, 15) is 9.59 Å². The first kappa shape index (κ1) is 26.0. The van der Waals surface area contributed by atoms with Crippen LogP contribution in [0.5, 0.6) is 0 Å². The fourth-order valence-electron chi connectivity index (χ4n) is 4.88. The molecule has 2 aliphatic heterocycles. The van der Waals surface area contributed by atoms with Crippen molar-refractivity contribution in [1.82, 2.24) is 15.0 Å². The van der Waals surface area contributed by atoms with Gasteiger partial charge in [-0.3, -0.25) is 9.63 Å². The van der Waals surface area contributed by atoms with Crippen molar-refractivity contribution >= 4 is 34.9 Å². The van der Waals surface area contributed by atoms with Crippen LogP contribution in [0.25, 0.3) is 0 Å². The number of nitrogens with one attached hydrogen (secondary N) is 2. The molecule has 9 heteroatoms. The summed E-state index contributed by atoms with van der Waals surface area (Å²) in [5.41, 5.74) is 4.78. The molecular weight excluding hydrogens is 516 g/mol. The molecule has 3 amide bonds. The zero-order chi connectivity index (χ0) is 28.0. The maximum atomic E-state index is 13.0. The molecule has 41 heavy (non-hydrogen) atoms. The van der Waals surface area contributed by atoms with Crippen LogP contribution in [0.1, 0.15) is 42.0 Å². The van der Waals surface area contributed by atoms with E-state index in [1.807, 2.05) is 78.9 Å². The molecule has 2 aliphatic rings. The summed E-state index contributed by atoms with van der Waals surface area (Å²) < 4.78 is 0. The Morgan fingerprint density at radius 3 is 2.44 bits per heavy atom. The third kappa shape index (κ3) is 6.19. The lowest BCUT2D eigenvalue weighted by atomic mass is 10.1. The summed E-state index contributed by atoms with van der Waals surface area (Å²) in [6.07, 6.45) is 5.55. The summed E-state index contributed by atoms with van der Waals surface area (Å²) in [7, 11) is 0. The Bertz CT molecular complexity index is 1600. The number of carbonyl (C=O) groups excluding carboxylic acids is 2. The topological polar surface area (TPSA) is 99.7 Å². The normalized spacial score (nSPS) is 16.3. The van der Waals surface area contributed by atoms with Crippen LogP contribution in [0.2, 0.25) is 0 Å². The van der Waals surface area contributed by atoms with Crippen molar-refractivity contribution in [2.24, 2.45) is 0 Å². The molecule has 3 aromatic carbocycles. The summed E-state index contributed by atoms with van der Waals surface area (Å²) >= 11 is 0. The number of hydrogen-bond acceptors (Lipinski definition) is 6. The van der Waals surface area contributed by atoms with Gasteiger partial charge in [0.15, 0.2) is 0 Å². The van der Waals surface area contributed by atoms with Gasteiger partial charge in [0.25, 0.3) is 0 Å². The number of aromatic nitrogens is 2. The first-order valence-corrected chi connectivity index (χ1v) is 13.5. The van der Waals surface area contributed by atoms with Gasteiger partial charge in [-0.05, 0) is 54.4 Å². The summed E-state index contributed by atoms with van der Waals surface area (Å²) in [5, 5.41) is 7.49. The summed E-state index contributed by atoms with van der Waals surface area (Å²) in [6.45, 7) is 1.25. The highest BCUT2D eigenvalue weighted by atomic mass is 16.7. The van der Waals surface area contributed by atoms with Gasteiger partial charge in [-0.2, -0.15) is 5.06 Å². The fourth-order valence-corrected chi connectivity index (χ4v) is 4.88. The molecule has 0 saturated carbocycles. The van der Waals surface area contributed by atoms with Gasteiger partial charge in [0.05, 0.1) is 18.2 Å². The van der Waals surface area contributed by atoms with Gasteiger partial charge >= 0.3 is 6.03 Å². The van der Waals surface area contributed by atoms with E-state index < -0.39 is 0 Å². The Labute approximate surface area is 238 Å². The van der Waals surface area contributed by atoms with Gasteiger partial charge in [-0.25, -0.2) is 14.8 Å². The highest BCUT2D eigenvalue weighted by Crippen LogP contribution is 2.30. The second-order valence-electron chi connectivity index (χ2n) is 9.75. The number of amides is 3. The zero-order valence-electron chi connectivity index (χ0n) is 22.3. The van der Waals surface area contributed by atoms with Gasteiger partial charge in [0.1, 0.15) is 0 Å². The molecule has 4 aromatic rings. The summed E-state index contributed by atoms with van der Waals surface area (Å²) in [4.78, 5) is 41.1. The third-order valence-corrected chi connectivity index (χ3v) is 6.91. The monoisotopic (exact) mass is 544 g/mol. The minimum Gasteiger partial charge on any atom is -0.324 e. The quantitative estimate of drug-likeness (QED) is 0.315. The molecule has 6 rings (SSSR count). The number of anilines is 4. The van der Waals surface area contributed by atoms with Crippen LogP contribution >= 0.6 is 0 Å². The molecule has 2 saturated heterocycles. The van der Waals surface area contributed by atoms with Gasteiger partial charge in [0, 0.05) is 54.4 Å². The van der Waals surface area contributed by atoms with Crippen molar-refractivity contribution in [3.63, 3.8) is 0 Å². The van der Waals surface area contributed by atoms with Gasteiger partial charge in [-0.1, -0.05) is 48.2 Å². The van der Waals surface area contributed by atoms with Gasteiger partial charge in [0.2, 0.25) is 11.9 Å². The van der Waals surface area contributed by atoms with E-state index in [0.717, 1.165) is 41.9 Å². The number of rotatable bonds is 5. The van der Waals surface area contributed by atoms with E-state index in [1.165, 1.54) is 5.06 Å². The van der Waals surface area contributed by atoms with Crippen molar-refractivity contribution < 1.29 is 14.4 Å². The number of urea groups is 1. The molecule has 0 aliphatic carbocycles. The highest BCUT2D eigenvalue weighted by molar-refractivity contribution is 5.95. The molecule has 1 aromatic heterocycles. The molecule has 2 N–H and O–H groups in total. The Morgan fingerprint density at radius 2 is 1.68 bits per heavy atom. The van der Waals surface area contributed by atoms with Gasteiger partial charge < -0.3 is 15.5 Å². The average molecular weight is 545 g/mol. The largest absolute Gasteiger partial charge is 0.346 e. The summed E-state index contributed by atoms with van der Waals surface area (Å²) in [6, 6.07) is 24.4. The predicted octanol–water partition coefficient (Wildman–Crippen LogP) is 5.66. The van der Waals surface area contributed by atoms with E-state index in [2.05, 4.69) is 32.4 Å². The van der Waals surface area contributed by atoms with Crippen LogP contribution in [-0.4, -0.2) is 40.1 Å². The molecular formula is C32H28N6O3. The van der Waals surface area contributed by atoms with E-state index >= 15 is 0 Å². The second-order valence-corrected chi connectivity index (χ2v) is 9.75. The Morgan fingerprint density at radius 1 is 0.902 bits per heavy atom. The molecule has 0 unspecified atom stereocenters. The first-order chi connectivity index (χ1) is 20.1. The lowest BCUT2D eigenvalue weighted by Gasteiger charge is -2.23. The molecule has 9 nitrogen and oxygen atoms in total. The van der Waals surface area contributed by atoms with Crippen LogP contribution in [0.4, 0.5) is 27.8 Å². The maximum Gasteiger partial charge on any atom is 0.346 e. The number of nitrogens with zero attached hydrogens (tertiary/aromatic N) is 4. The van der Waals surface area contributed by atoms with Crippen LogP contribution in [-0.2, 0) is 9.63 Å². The minimum atomic E-state index is -0.322. The molecule has 3 heterocycles. The summed E-state index contributed by atoms with van der Waals surface area (Å²) in [5.74, 6) is 6.79. The van der Waals surface area contributed by atoms with Crippen LogP contribution in [0.3, 0.4) is 0 Å². The Balaban J connectivity index is 1.06. The van der Waals surface area contributed by atoms with Crippen LogP contribution < -0.4 is 15.5 Å². The molecule has 2 fully saturated rings. The molecule has 1 atom stereocenters. The number of carbonyl (C=O) groups is 2. The van der Waals surface area contributed by atoms with Crippen molar-refractivity contribution in [2.45, 2.75) is 25.3 Å². The predicted molar refractivity (Wildman–Crippen MR) is 156 cm³/mol. The SMILES string of the molecule is O=C1CCCN1c1ccc(Nc2ncc(C#Cc3cccc(NC(=O)N4OCC[C@H]4c4ccccc4)c3)cn2)cc1. The standard InChI is InChI=1S/C32H28N6O3/c39-30-10-5-18-37(30)28-15-13-26(14-16-28)35-31-33-21-24(22-34-31)12-11-23-6-4-9-27(20-23)36-32(40)38-29(17-19-41-38)25-7-2-1-3-8-25/h1-4,6-9,13-16,20-22,29H,5,10,17-19H2,(H,36,40)(H,33,34,35)/t29-/m0/s1. The molecule has 0 spiro atoms. The van der Waals surface area contributed by atoms with E-state index in [1.54, 1.807) is 17.3 Å². The molecule has 0 bridgehead atoms. The van der Waals surface area contributed by atoms with Gasteiger partial charge in [-0.15, -0.1) is 0 Å². The van der Waals surface area contributed by atoms with E-state index in [0.29, 0.717) is 30.2 Å². The average Bonchev–Trinajstić information content (AvgIpc) is 3.68. The minimum absolute atomic E-state index is 0.128. The van der Waals surface area contributed by atoms with Crippen LogP contribution in [0.15, 0.2) is 91.3 Å². The van der Waals surface area contributed by atoms with Crippen molar-refractivity contribution in [2.75, 3.05) is 28.7 Å². The highest BCUT2D eigenvalue weighted by Gasteiger charge is 2.31. The van der Waals surface area contributed by atoms with Crippen molar-refractivity contribution in [3.8, 4) is 11.8 Å². The van der Waals surface area contributed by atoms with Crippen molar-refractivity contribution in [3.05, 3.63) is 108 Å². The smallest absolute Gasteiger partial charge is 0.324 e. The number of hydrogen-bond donors (Lipinski definition) is 2. The van der Waals surface area contributed by atoms with Crippen molar-refractivity contribution in [1.29, 1.82) is 0 Å². The lowest BCUT2D eigenvalue weighted by molar-refractivity contribution is -0.117. The van der Waals surface area contributed by atoms with Crippen LogP contribution in [0, 0.1) is 11.8 Å². The lowest BCUT2D eigenvalue weighted by Crippen LogP contribution is -2.33. The zero-order valence-corrected chi connectivity index (χ0v) is 22.3. The fraction of sp³-hybridized carbons (Fsp3) is 0.188. The number of benzene rings is 3. The third-order valence-electron chi connectivity index (χ3n) is 6.91. The Hall–Kier alpha value is -5.20. The second kappa shape index (κ2) is 11.9. The number of hydroxylamine groups is 2.